The number of methoxy groups -OCH3 is 1. The van der Waals surface area contributed by atoms with Crippen molar-refractivity contribution >= 4 is 16.7 Å². The molecule has 144 valence electrons. The van der Waals surface area contributed by atoms with E-state index >= 15 is 0 Å². The highest BCUT2D eigenvalue weighted by Crippen LogP contribution is 2.44. The lowest BCUT2D eigenvalue weighted by Gasteiger charge is -2.41. The maximum atomic E-state index is 5.58. The molecule has 3 heterocycles. The number of piperidine rings is 1. The van der Waals surface area contributed by atoms with Gasteiger partial charge in [-0.3, -0.25) is 0 Å². The molecular formula is C23H26N4O. The zero-order valence-corrected chi connectivity index (χ0v) is 16.8. The summed E-state index contributed by atoms with van der Waals surface area (Å²) in [6, 6.07) is 8.36. The Morgan fingerprint density at radius 1 is 1.14 bits per heavy atom. The van der Waals surface area contributed by atoms with Gasteiger partial charge in [-0.15, -0.1) is 0 Å². The third-order valence-corrected chi connectivity index (χ3v) is 6.48. The van der Waals surface area contributed by atoms with Crippen LogP contribution in [-0.4, -0.2) is 35.2 Å². The molecule has 5 heteroatoms. The summed E-state index contributed by atoms with van der Waals surface area (Å²) < 4.78 is 5.58. The zero-order valence-electron chi connectivity index (χ0n) is 16.8. The smallest absolute Gasteiger partial charge is 0.145 e. The molecule has 5 nitrogen and oxygen atoms in total. The van der Waals surface area contributed by atoms with E-state index in [1.807, 2.05) is 25.3 Å². The molecule has 1 atom stereocenters. The Bertz CT molecular complexity index is 1060. The molecule has 5 rings (SSSR count). The van der Waals surface area contributed by atoms with Crippen molar-refractivity contribution in [2.24, 2.45) is 0 Å². The summed E-state index contributed by atoms with van der Waals surface area (Å²) in [4.78, 5) is 16.8. The minimum atomic E-state index is 0.132. The number of nitrogens with zero attached hydrogens (tertiary/aromatic N) is 4. The summed E-state index contributed by atoms with van der Waals surface area (Å²) in [7, 11) is 1.71. The molecule has 1 saturated heterocycles. The van der Waals surface area contributed by atoms with Crippen molar-refractivity contribution in [3.63, 3.8) is 0 Å². The van der Waals surface area contributed by atoms with Gasteiger partial charge in [0.05, 0.1) is 12.8 Å². The van der Waals surface area contributed by atoms with Crippen LogP contribution in [0.1, 0.15) is 41.9 Å². The van der Waals surface area contributed by atoms with Crippen molar-refractivity contribution in [3.05, 3.63) is 53.1 Å². The number of pyridine rings is 1. The Morgan fingerprint density at radius 3 is 2.89 bits per heavy atom. The molecule has 0 bridgehead atoms. The van der Waals surface area contributed by atoms with Crippen LogP contribution < -0.4 is 9.64 Å². The molecular weight excluding hydrogens is 348 g/mol. The average Bonchev–Trinajstić information content (AvgIpc) is 3.04. The Morgan fingerprint density at radius 2 is 2.04 bits per heavy atom. The standard InChI is InChI=1S/C23H26N4O/c1-15-12-20(26-21-18(15)6-4-7-19(21)28-3)27-11-5-9-23(14-27)10-8-17-13-24-16(2)25-22(17)23/h4,6-7,12-13H,5,8-11,14H2,1-3H3. The van der Waals surface area contributed by atoms with Crippen molar-refractivity contribution in [2.45, 2.75) is 44.9 Å². The highest BCUT2D eigenvalue weighted by Gasteiger charge is 2.44. The number of benzene rings is 1. The van der Waals surface area contributed by atoms with Gasteiger partial charge in [-0.1, -0.05) is 12.1 Å². The number of ether oxygens (including phenoxy) is 1. The van der Waals surface area contributed by atoms with Crippen LogP contribution in [0.2, 0.25) is 0 Å². The first-order valence-electron chi connectivity index (χ1n) is 10.1. The molecule has 0 radical (unpaired) electrons. The molecule has 1 aliphatic heterocycles. The van der Waals surface area contributed by atoms with Crippen molar-refractivity contribution in [1.29, 1.82) is 0 Å². The first-order chi connectivity index (χ1) is 13.6. The van der Waals surface area contributed by atoms with Gasteiger partial charge in [0.2, 0.25) is 0 Å². The number of aromatic nitrogens is 3. The summed E-state index contributed by atoms with van der Waals surface area (Å²) in [5.41, 5.74) is 4.93. The van der Waals surface area contributed by atoms with E-state index in [0.29, 0.717) is 0 Å². The van der Waals surface area contributed by atoms with Gasteiger partial charge in [0.15, 0.2) is 0 Å². The Kier molecular flexibility index (Phi) is 4.00. The number of aryl methyl sites for hydroxylation is 3. The molecule has 2 aliphatic rings. The van der Waals surface area contributed by atoms with Crippen LogP contribution in [-0.2, 0) is 11.8 Å². The zero-order chi connectivity index (χ0) is 19.3. The molecule has 1 aromatic carbocycles. The molecule has 1 spiro atoms. The molecule has 0 saturated carbocycles. The fraction of sp³-hybridized carbons (Fsp3) is 0.435. The van der Waals surface area contributed by atoms with Crippen LogP contribution in [0.3, 0.4) is 0 Å². The van der Waals surface area contributed by atoms with Crippen LogP contribution in [0.4, 0.5) is 5.82 Å². The highest BCUT2D eigenvalue weighted by molar-refractivity contribution is 5.88. The minimum absolute atomic E-state index is 0.132. The van der Waals surface area contributed by atoms with E-state index < -0.39 is 0 Å². The summed E-state index contributed by atoms with van der Waals surface area (Å²) in [5.74, 6) is 2.76. The third kappa shape index (κ3) is 2.64. The molecule has 1 fully saturated rings. The predicted molar refractivity (Wildman–Crippen MR) is 111 cm³/mol. The van der Waals surface area contributed by atoms with E-state index in [9.17, 15) is 0 Å². The lowest BCUT2D eigenvalue weighted by atomic mass is 9.77. The molecule has 2 aromatic heterocycles. The quantitative estimate of drug-likeness (QED) is 0.675. The van der Waals surface area contributed by atoms with Gasteiger partial charge < -0.3 is 9.64 Å². The maximum absolute atomic E-state index is 5.58. The number of hydrogen-bond donors (Lipinski definition) is 0. The molecule has 1 aliphatic carbocycles. The monoisotopic (exact) mass is 374 g/mol. The molecule has 0 N–H and O–H groups in total. The third-order valence-electron chi connectivity index (χ3n) is 6.48. The summed E-state index contributed by atoms with van der Waals surface area (Å²) in [6.07, 6.45) is 6.64. The van der Waals surface area contributed by atoms with Gasteiger partial charge >= 0.3 is 0 Å². The first kappa shape index (κ1) is 17.4. The SMILES string of the molecule is COc1cccc2c(C)cc(N3CCCC4(CCc5cnc(C)nc54)C3)nc12. The van der Waals surface area contributed by atoms with Gasteiger partial charge in [0.1, 0.15) is 22.9 Å². The van der Waals surface area contributed by atoms with E-state index in [1.54, 1.807) is 7.11 Å². The van der Waals surface area contributed by atoms with Crippen LogP contribution in [0.25, 0.3) is 10.9 Å². The van der Waals surface area contributed by atoms with Gasteiger partial charge in [0.25, 0.3) is 0 Å². The second-order valence-corrected chi connectivity index (χ2v) is 8.25. The Hall–Kier alpha value is -2.69. The van der Waals surface area contributed by atoms with E-state index in [-0.39, 0.29) is 5.41 Å². The minimum Gasteiger partial charge on any atom is -0.494 e. The maximum Gasteiger partial charge on any atom is 0.145 e. The highest BCUT2D eigenvalue weighted by atomic mass is 16.5. The number of rotatable bonds is 2. The molecule has 1 unspecified atom stereocenters. The van der Waals surface area contributed by atoms with Gasteiger partial charge in [-0.05, 0) is 62.8 Å². The Labute approximate surface area is 165 Å². The van der Waals surface area contributed by atoms with E-state index in [4.69, 9.17) is 14.7 Å². The molecule has 28 heavy (non-hydrogen) atoms. The van der Waals surface area contributed by atoms with Gasteiger partial charge in [-0.25, -0.2) is 15.0 Å². The lowest BCUT2D eigenvalue weighted by molar-refractivity contribution is 0.333. The van der Waals surface area contributed by atoms with Crippen LogP contribution in [0.15, 0.2) is 30.5 Å². The summed E-state index contributed by atoms with van der Waals surface area (Å²) in [6.45, 7) is 6.17. The predicted octanol–water partition coefficient (Wildman–Crippen LogP) is 4.13. The van der Waals surface area contributed by atoms with Crippen LogP contribution in [0.5, 0.6) is 5.75 Å². The van der Waals surface area contributed by atoms with Crippen molar-refractivity contribution < 1.29 is 4.74 Å². The van der Waals surface area contributed by atoms with Crippen molar-refractivity contribution in [2.75, 3.05) is 25.1 Å². The van der Waals surface area contributed by atoms with Gasteiger partial charge in [-0.2, -0.15) is 0 Å². The second-order valence-electron chi connectivity index (χ2n) is 8.25. The number of para-hydroxylation sites is 1. The van der Waals surface area contributed by atoms with Crippen LogP contribution >= 0.6 is 0 Å². The first-order valence-corrected chi connectivity index (χ1v) is 10.1. The number of hydrogen-bond acceptors (Lipinski definition) is 5. The summed E-state index contributed by atoms with van der Waals surface area (Å²) >= 11 is 0. The largest absolute Gasteiger partial charge is 0.494 e. The second kappa shape index (κ2) is 6.43. The van der Waals surface area contributed by atoms with Crippen molar-refractivity contribution in [1.82, 2.24) is 15.0 Å². The Balaban J connectivity index is 1.56. The van der Waals surface area contributed by atoms with Gasteiger partial charge in [0, 0.05) is 30.1 Å². The lowest BCUT2D eigenvalue weighted by Crippen LogP contribution is -2.46. The van der Waals surface area contributed by atoms with Crippen LogP contribution in [0, 0.1) is 13.8 Å². The van der Waals surface area contributed by atoms with E-state index in [2.05, 4.69) is 28.9 Å². The number of anilines is 1. The molecule has 0 amide bonds. The van der Waals surface area contributed by atoms with E-state index in [0.717, 1.165) is 60.6 Å². The average molecular weight is 374 g/mol. The van der Waals surface area contributed by atoms with E-state index in [1.165, 1.54) is 23.2 Å². The topological polar surface area (TPSA) is 51.1 Å². The normalized spacial score (nSPS) is 21.3. The fourth-order valence-electron chi connectivity index (χ4n) is 5.05. The summed E-state index contributed by atoms with van der Waals surface area (Å²) in [5, 5.41) is 1.16. The number of fused-ring (bicyclic) bond motifs is 3. The van der Waals surface area contributed by atoms with Crippen molar-refractivity contribution in [3.8, 4) is 5.75 Å². The molecule has 3 aromatic rings. The fourth-order valence-corrected chi connectivity index (χ4v) is 5.05.